The monoisotopic (exact) mass is 599 g/mol. The highest BCUT2D eigenvalue weighted by atomic mass is 35.5. The molecule has 11 nitrogen and oxygen atoms in total. The number of nitrogens with zero attached hydrogens (tertiary/aromatic N) is 4. The van der Waals surface area contributed by atoms with Crippen LogP contribution < -0.4 is 19.7 Å². The molecule has 3 aromatic rings. The van der Waals surface area contributed by atoms with E-state index in [4.69, 9.17) is 37.8 Å². The number of likely N-dealkylation sites (N-methyl/N-ethyl adjacent to an activating group) is 1. The van der Waals surface area contributed by atoms with Crippen LogP contribution in [0.15, 0.2) is 30.6 Å². The molecule has 1 saturated heterocycles. The zero-order chi connectivity index (χ0) is 29.0. The van der Waals surface area contributed by atoms with Crippen LogP contribution in [0.1, 0.15) is 0 Å². The van der Waals surface area contributed by atoms with Gasteiger partial charge in [0.15, 0.2) is 23.8 Å². The number of anilines is 3. The Morgan fingerprint density at radius 2 is 1.73 bits per heavy atom. The molecule has 14 heteroatoms. The molecule has 1 aromatic heterocycles. The third-order valence-corrected chi connectivity index (χ3v) is 7.69. The van der Waals surface area contributed by atoms with Crippen molar-refractivity contribution < 1.29 is 34.3 Å². The summed E-state index contributed by atoms with van der Waals surface area (Å²) in [4.78, 5) is 13.1. The Bertz CT molecular complexity index is 1320. The number of alkyl halides is 1. The van der Waals surface area contributed by atoms with Crippen LogP contribution in [-0.4, -0.2) is 113 Å². The van der Waals surface area contributed by atoms with E-state index < -0.39 is 37.7 Å². The summed E-state index contributed by atoms with van der Waals surface area (Å²) in [5, 5.41) is 43.4. The third-order valence-electron chi connectivity index (χ3n) is 6.81. The maximum atomic E-state index is 13.7. The van der Waals surface area contributed by atoms with Crippen LogP contribution in [-0.2, 0) is 0 Å². The Kier molecular flexibility index (Phi) is 10.1. The van der Waals surface area contributed by atoms with Gasteiger partial charge in [-0.25, -0.2) is 14.4 Å². The predicted octanol–water partition coefficient (Wildman–Crippen LogP) is 2.23. The predicted molar refractivity (Wildman–Crippen MR) is 151 cm³/mol. The first-order valence-electron chi connectivity index (χ1n) is 12.6. The Hall–Kier alpha value is -2.71. The van der Waals surface area contributed by atoms with E-state index in [0.29, 0.717) is 32.5 Å². The van der Waals surface area contributed by atoms with E-state index >= 15 is 0 Å². The van der Waals surface area contributed by atoms with Gasteiger partial charge in [0.05, 0.1) is 47.3 Å². The first-order valence-corrected chi connectivity index (χ1v) is 13.3. The normalized spacial score (nSPS) is 17.4. The van der Waals surface area contributed by atoms with Gasteiger partial charge in [0.2, 0.25) is 0 Å². The number of ether oxygens (including phenoxy) is 2. The molecule has 0 radical (unpaired) electrons. The van der Waals surface area contributed by atoms with Gasteiger partial charge in [-0.1, -0.05) is 23.2 Å². The van der Waals surface area contributed by atoms with Gasteiger partial charge in [-0.05, 0) is 25.2 Å². The number of piperazine rings is 1. The van der Waals surface area contributed by atoms with Crippen molar-refractivity contribution in [3.63, 3.8) is 0 Å². The third kappa shape index (κ3) is 6.44. The van der Waals surface area contributed by atoms with E-state index in [0.717, 1.165) is 31.9 Å². The lowest BCUT2D eigenvalue weighted by Crippen LogP contribution is -2.48. The SMILES string of the molecule is COc1cc2c(Nc3ccc(N4CCN(C)CC4)c(Cl)c3Cl)ncnc2cc1O[C@H](CO)[C@H](O)[C@@H](O)[C@H](F)CO. The number of aliphatic hydroxyl groups is 4. The molecule has 5 N–H and O–H groups in total. The Morgan fingerprint density at radius 3 is 2.38 bits per heavy atom. The van der Waals surface area contributed by atoms with E-state index in [-0.39, 0.29) is 11.5 Å². The number of benzene rings is 2. The Balaban J connectivity index is 1.61. The highest BCUT2D eigenvalue weighted by Crippen LogP contribution is 2.41. The van der Waals surface area contributed by atoms with Crippen molar-refractivity contribution in [2.24, 2.45) is 0 Å². The van der Waals surface area contributed by atoms with Crippen LogP contribution >= 0.6 is 23.2 Å². The van der Waals surface area contributed by atoms with E-state index in [1.165, 1.54) is 19.5 Å². The molecule has 0 amide bonds. The standard InChI is InChI=1S/C26H32Cl2FN5O6/c1-33-5-7-34(8-6-33)18-4-3-16(22(27)23(18)28)32-26-14-9-19(39-2)20(10-17(14)30-13-31-26)40-21(12-36)25(38)24(37)15(29)11-35/h3-4,9-10,13,15,21,24-25,35-38H,5-8,11-12H2,1-2H3,(H,30,31,32)/t15-,21-,24+,25+/m1/s1. The molecule has 40 heavy (non-hydrogen) atoms. The molecule has 0 unspecified atom stereocenters. The van der Waals surface area contributed by atoms with Crippen molar-refractivity contribution in [1.29, 1.82) is 0 Å². The number of rotatable bonds is 11. The summed E-state index contributed by atoms with van der Waals surface area (Å²) in [7, 11) is 3.47. The zero-order valence-electron chi connectivity index (χ0n) is 22.0. The van der Waals surface area contributed by atoms with Gasteiger partial charge in [0, 0.05) is 37.6 Å². The van der Waals surface area contributed by atoms with Crippen LogP contribution in [0.5, 0.6) is 11.5 Å². The number of nitrogens with one attached hydrogen (secondary N) is 1. The molecule has 0 bridgehead atoms. The van der Waals surface area contributed by atoms with Crippen LogP contribution in [0.4, 0.5) is 21.6 Å². The topological polar surface area (TPSA) is 144 Å². The fourth-order valence-electron chi connectivity index (χ4n) is 4.39. The molecule has 2 aromatic carbocycles. The van der Waals surface area contributed by atoms with Crippen LogP contribution in [0.2, 0.25) is 10.0 Å². The van der Waals surface area contributed by atoms with Crippen molar-refractivity contribution in [3.8, 4) is 11.5 Å². The molecular formula is C26H32Cl2FN5O6. The van der Waals surface area contributed by atoms with E-state index in [1.807, 2.05) is 12.1 Å². The fraction of sp³-hybridized carbons (Fsp3) is 0.462. The highest BCUT2D eigenvalue weighted by Gasteiger charge is 2.34. The van der Waals surface area contributed by atoms with Gasteiger partial charge in [-0.2, -0.15) is 0 Å². The van der Waals surface area contributed by atoms with Crippen LogP contribution in [0.25, 0.3) is 10.9 Å². The Labute approximate surface area is 240 Å². The number of halogens is 3. The molecule has 0 aliphatic carbocycles. The lowest BCUT2D eigenvalue weighted by molar-refractivity contribution is -0.0981. The lowest BCUT2D eigenvalue weighted by atomic mass is 10.0. The second-order valence-electron chi connectivity index (χ2n) is 9.44. The van der Waals surface area contributed by atoms with E-state index in [1.54, 1.807) is 6.07 Å². The first kappa shape index (κ1) is 30.3. The summed E-state index contributed by atoms with van der Waals surface area (Å²) < 4.78 is 24.8. The van der Waals surface area contributed by atoms with Gasteiger partial charge in [-0.15, -0.1) is 0 Å². The number of fused-ring (bicyclic) bond motifs is 1. The average Bonchev–Trinajstić information content (AvgIpc) is 2.97. The van der Waals surface area contributed by atoms with Gasteiger partial charge in [0.1, 0.15) is 24.4 Å². The highest BCUT2D eigenvalue weighted by molar-refractivity contribution is 6.45. The lowest BCUT2D eigenvalue weighted by Gasteiger charge is -2.34. The molecule has 4 rings (SSSR count). The van der Waals surface area contributed by atoms with Gasteiger partial charge in [-0.3, -0.25) is 0 Å². The molecule has 4 atom stereocenters. The molecule has 1 fully saturated rings. The van der Waals surface area contributed by atoms with E-state index in [2.05, 4.69) is 32.1 Å². The molecule has 0 spiro atoms. The average molecular weight is 600 g/mol. The van der Waals surface area contributed by atoms with Gasteiger partial charge in [0.25, 0.3) is 0 Å². The summed E-state index contributed by atoms with van der Waals surface area (Å²) in [5.41, 5.74) is 1.80. The van der Waals surface area contributed by atoms with Gasteiger partial charge < -0.3 is 45.0 Å². The van der Waals surface area contributed by atoms with Crippen LogP contribution in [0.3, 0.4) is 0 Å². The van der Waals surface area contributed by atoms with E-state index in [9.17, 15) is 19.7 Å². The summed E-state index contributed by atoms with van der Waals surface area (Å²) in [6.07, 6.45) is -6.04. The first-order chi connectivity index (χ1) is 19.2. The molecular weight excluding hydrogens is 568 g/mol. The second kappa shape index (κ2) is 13.3. The number of hydrogen-bond donors (Lipinski definition) is 5. The number of aromatic nitrogens is 2. The van der Waals surface area contributed by atoms with Crippen molar-refractivity contribution in [2.75, 3.05) is 63.8 Å². The summed E-state index contributed by atoms with van der Waals surface area (Å²) in [6.45, 7) is 1.76. The fourth-order valence-corrected chi connectivity index (χ4v) is 4.88. The zero-order valence-corrected chi connectivity index (χ0v) is 23.5. The summed E-state index contributed by atoms with van der Waals surface area (Å²) in [5.74, 6) is 0.665. The Morgan fingerprint density at radius 1 is 1.00 bits per heavy atom. The molecule has 1 aliphatic heterocycles. The van der Waals surface area contributed by atoms with Crippen molar-refractivity contribution >= 4 is 51.3 Å². The van der Waals surface area contributed by atoms with Gasteiger partial charge >= 0.3 is 0 Å². The maximum Gasteiger partial charge on any atom is 0.164 e. The smallest absolute Gasteiger partial charge is 0.164 e. The molecule has 0 saturated carbocycles. The molecule has 1 aliphatic rings. The largest absolute Gasteiger partial charge is 0.493 e. The second-order valence-corrected chi connectivity index (χ2v) is 10.2. The molecule has 218 valence electrons. The minimum Gasteiger partial charge on any atom is -0.493 e. The minimum absolute atomic E-state index is 0.0713. The number of aliphatic hydroxyl groups excluding tert-OH is 4. The van der Waals surface area contributed by atoms with Crippen LogP contribution in [0, 0.1) is 0 Å². The summed E-state index contributed by atoms with van der Waals surface area (Å²) >= 11 is 13.3. The quantitative estimate of drug-likeness (QED) is 0.221. The number of methoxy groups -OCH3 is 1. The number of hydrogen-bond acceptors (Lipinski definition) is 11. The minimum atomic E-state index is -2.12. The molecule has 2 heterocycles. The van der Waals surface area contributed by atoms with Crippen molar-refractivity contribution in [3.05, 3.63) is 40.6 Å². The maximum absolute atomic E-state index is 13.7. The van der Waals surface area contributed by atoms with Crippen molar-refractivity contribution in [2.45, 2.75) is 24.5 Å². The summed E-state index contributed by atoms with van der Waals surface area (Å²) in [6, 6.07) is 6.82. The van der Waals surface area contributed by atoms with Crippen molar-refractivity contribution in [1.82, 2.24) is 14.9 Å².